The van der Waals surface area contributed by atoms with Crippen LogP contribution < -0.4 is 4.90 Å². The molecule has 110 valence electrons. The van der Waals surface area contributed by atoms with E-state index in [0.29, 0.717) is 0 Å². The average Bonchev–Trinajstić information content (AvgIpc) is 3.02. The summed E-state index contributed by atoms with van der Waals surface area (Å²) in [7, 11) is 0. The van der Waals surface area contributed by atoms with Crippen LogP contribution >= 0.6 is 0 Å². The first kappa shape index (κ1) is 14.1. The Bertz CT molecular complexity index is 779. The third kappa shape index (κ3) is 2.63. The topological polar surface area (TPSA) is 38.1 Å². The molecular weight excluding hydrogens is 274 g/mol. The van der Waals surface area contributed by atoms with Crippen LogP contribution in [0.3, 0.4) is 0 Å². The van der Waals surface area contributed by atoms with Crippen LogP contribution in [0.1, 0.15) is 12.5 Å². The maximum absolute atomic E-state index is 12.3. The van der Waals surface area contributed by atoms with E-state index in [2.05, 4.69) is 5.10 Å². The number of carbonyl (C=O) groups is 1. The van der Waals surface area contributed by atoms with Gasteiger partial charge in [-0.25, -0.2) is 4.68 Å². The number of aryl methyl sites for hydroxylation is 1. The first-order valence-electron chi connectivity index (χ1n) is 7.13. The van der Waals surface area contributed by atoms with Crippen molar-refractivity contribution in [3.8, 4) is 5.69 Å². The molecule has 0 fully saturated rings. The van der Waals surface area contributed by atoms with Crippen molar-refractivity contribution in [3.05, 3.63) is 72.6 Å². The molecule has 0 aliphatic rings. The Morgan fingerprint density at radius 3 is 2.50 bits per heavy atom. The molecule has 22 heavy (non-hydrogen) atoms. The molecule has 0 radical (unpaired) electrons. The number of hydrogen-bond acceptors (Lipinski definition) is 2. The molecule has 2 aromatic carbocycles. The highest BCUT2D eigenvalue weighted by Gasteiger charge is 2.18. The number of anilines is 2. The Hall–Kier alpha value is -2.88. The minimum atomic E-state index is -0.0368. The second kappa shape index (κ2) is 5.85. The van der Waals surface area contributed by atoms with Crippen molar-refractivity contribution in [1.29, 1.82) is 0 Å². The predicted molar refractivity (Wildman–Crippen MR) is 87.6 cm³/mol. The Kier molecular flexibility index (Phi) is 3.74. The lowest BCUT2D eigenvalue weighted by Gasteiger charge is -2.24. The van der Waals surface area contributed by atoms with Crippen LogP contribution in [-0.2, 0) is 4.79 Å². The van der Waals surface area contributed by atoms with Crippen molar-refractivity contribution >= 4 is 17.3 Å². The highest BCUT2D eigenvalue weighted by atomic mass is 16.2. The van der Waals surface area contributed by atoms with Gasteiger partial charge in [-0.05, 0) is 42.8 Å². The van der Waals surface area contributed by atoms with Crippen LogP contribution in [0.2, 0.25) is 0 Å². The minimum Gasteiger partial charge on any atom is -0.279 e. The summed E-state index contributed by atoms with van der Waals surface area (Å²) in [4.78, 5) is 14.0. The predicted octanol–water partition coefficient (Wildman–Crippen LogP) is 3.87. The highest BCUT2D eigenvalue weighted by Crippen LogP contribution is 2.31. The van der Waals surface area contributed by atoms with Gasteiger partial charge >= 0.3 is 0 Å². The van der Waals surface area contributed by atoms with E-state index in [1.54, 1.807) is 22.7 Å². The molecule has 4 heteroatoms. The number of carbonyl (C=O) groups excluding carboxylic acids is 1. The molecule has 1 amide bonds. The molecule has 0 aliphatic heterocycles. The molecule has 1 heterocycles. The lowest BCUT2D eigenvalue weighted by Crippen LogP contribution is -2.24. The molecule has 0 N–H and O–H groups in total. The van der Waals surface area contributed by atoms with Crippen molar-refractivity contribution in [2.75, 3.05) is 4.90 Å². The van der Waals surface area contributed by atoms with Gasteiger partial charge in [0.05, 0.1) is 11.4 Å². The second-order valence-corrected chi connectivity index (χ2v) is 5.13. The molecule has 0 unspecified atom stereocenters. The number of benzene rings is 2. The summed E-state index contributed by atoms with van der Waals surface area (Å²) in [6.45, 7) is 3.59. The van der Waals surface area contributed by atoms with Crippen molar-refractivity contribution in [3.63, 3.8) is 0 Å². The van der Waals surface area contributed by atoms with Crippen LogP contribution in [0.15, 0.2) is 67.0 Å². The van der Waals surface area contributed by atoms with E-state index < -0.39 is 0 Å². The van der Waals surface area contributed by atoms with Gasteiger partial charge in [0.1, 0.15) is 0 Å². The summed E-state index contributed by atoms with van der Waals surface area (Å²) in [6, 6.07) is 17.5. The summed E-state index contributed by atoms with van der Waals surface area (Å²) < 4.78 is 1.77. The summed E-state index contributed by atoms with van der Waals surface area (Å²) in [5.41, 5.74) is 3.62. The number of aromatic nitrogens is 2. The van der Waals surface area contributed by atoms with Gasteiger partial charge in [0.2, 0.25) is 5.91 Å². The molecule has 0 bridgehead atoms. The zero-order valence-electron chi connectivity index (χ0n) is 12.6. The first-order valence-corrected chi connectivity index (χ1v) is 7.13. The Labute approximate surface area is 129 Å². The van der Waals surface area contributed by atoms with E-state index in [-0.39, 0.29) is 5.91 Å². The fraction of sp³-hybridized carbons (Fsp3) is 0.111. The zero-order valence-corrected chi connectivity index (χ0v) is 12.6. The SMILES string of the molecule is CC(=O)N(c1ccccc1)c1cc(C)ccc1-n1cccn1. The number of para-hydroxylation sites is 1. The van der Waals surface area contributed by atoms with E-state index in [1.165, 1.54) is 0 Å². The first-order chi connectivity index (χ1) is 10.7. The normalized spacial score (nSPS) is 10.5. The molecule has 0 aliphatic carbocycles. The van der Waals surface area contributed by atoms with E-state index in [1.807, 2.05) is 67.7 Å². The molecule has 0 spiro atoms. The van der Waals surface area contributed by atoms with Crippen LogP contribution in [0, 0.1) is 6.92 Å². The van der Waals surface area contributed by atoms with Gasteiger partial charge in [0.25, 0.3) is 0 Å². The molecule has 4 nitrogen and oxygen atoms in total. The molecule has 0 atom stereocenters. The minimum absolute atomic E-state index is 0.0368. The number of hydrogen-bond donors (Lipinski definition) is 0. The molecule has 0 saturated carbocycles. The molecule has 1 aromatic heterocycles. The van der Waals surface area contributed by atoms with Crippen molar-refractivity contribution in [1.82, 2.24) is 9.78 Å². The van der Waals surface area contributed by atoms with Gasteiger partial charge in [0.15, 0.2) is 0 Å². The Balaban J connectivity index is 2.20. The van der Waals surface area contributed by atoms with Gasteiger partial charge in [-0.3, -0.25) is 9.69 Å². The quantitative estimate of drug-likeness (QED) is 0.735. The monoisotopic (exact) mass is 291 g/mol. The Morgan fingerprint density at radius 1 is 1.09 bits per heavy atom. The highest BCUT2D eigenvalue weighted by molar-refractivity contribution is 6.01. The Morgan fingerprint density at radius 2 is 1.86 bits per heavy atom. The van der Waals surface area contributed by atoms with Gasteiger partial charge < -0.3 is 0 Å². The zero-order chi connectivity index (χ0) is 15.5. The summed E-state index contributed by atoms with van der Waals surface area (Å²) in [6.07, 6.45) is 3.60. The van der Waals surface area contributed by atoms with E-state index >= 15 is 0 Å². The third-order valence-electron chi connectivity index (χ3n) is 3.45. The molecular formula is C18H17N3O. The molecule has 0 saturated heterocycles. The fourth-order valence-electron chi connectivity index (χ4n) is 2.49. The standard InChI is InChI=1S/C18H17N3O/c1-14-9-10-17(20-12-6-11-19-20)18(13-14)21(15(2)22)16-7-4-3-5-8-16/h3-13H,1-2H3. The number of amides is 1. The fourth-order valence-corrected chi connectivity index (χ4v) is 2.49. The van der Waals surface area contributed by atoms with Crippen LogP contribution in [0.5, 0.6) is 0 Å². The number of nitrogens with zero attached hydrogens (tertiary/aromatic N) is 3. The second-order valence-electron chi connectivity index (χ2n) is 5.13. The number of rotatable bonds is 3. The lowest BCUT2D eigenvalue weighted by molar-refractivity contribution is -0.115. The average molecular weight is 291 g/mol. The third-order valence-corrected chi connectivity index (χ3v) is 3.45. The maximum Gasteiger partial charge on any atom is 0.228 e. The molecule has 3 rings (SSSR count). The van der Waals surface area contributed by atoms with Crippen LogP contribution in [-0.4, -0.2) is 15.7 Å². The van der Waals surface area contributed by atoms with Crippen LogP contribution in [0.4, 0.5) is 11.4 Å². The summed E-state index contributed by atoms with van der Waals surface area (Å²) in [5, 5.41) is 4.29. The molecule has 3 aromatic rings. The van der Waals surface area contributed by atoms with Gasteiger partial charge in [-0.2, -0.15) is 5.10 Å². The largest absolute Gasteiger partial charge is 0.279 e. The summed E-state index contributed by atoms with van der Waals surface area (Å²) in [5.74, 6) is -0.0368. The van der Waals surface area contributed by atoms with Gasteiger partial charge in [-0.15, -0.1) is 0 Å². The van der Waals surface area contributed by atoms with Crippen molar-refractivity contribution in [2.24, 2.45) is 0 Å². The van der Waals surface area contributed by atoms with Gasteiger partial charge in [-0.1, -0.05) is 24.3 Å². The maximum atomic E-state index is 12.3. The van der Waals surface area contributed by atoms with Crippen molar-refractivity contribution in [2.45, 2.75) is 13.8 Å². The van der Waals surface area contributed by atoms with Gasteiger partial charge in [0, 0.05) is 25.0 Å². The van der Waals surface area contributed by atoms with Crippen molar-refractivity contribution < 1.29 is 4.79 Å². The van der Waals surface area contributed by atoms with E-state index in [4.69, 9.17) is 0 Å². The smallest absolute Gasteiger partial charge is 0.228 e. The lowest BCUT2D eigenvalue weighted by atomic mass is 10.1. The van der Waals surface area contributed by atoms with E-state index in [9.17, 15) is 4.79 Å². The summed E-state index contributed by atoms with van der Waals surface area (Å²) >= 11 is 0. The van der Waals surface area contributed by atoms with Crippen LogP contribution in [0.25, 0.3) is 5.69 Å². The van der Waals surface area contributed by atoms with E-state index in [0.717, 1.165) is 22.6 Å².